The van der Waals surface area contributed by atoms with Crippen LogP contribution in [0.25, 0.3) is 33.5 Å². The minimum absolute atomic E-state index is 0.736. The second kappa shape index (κ2) is 5.97. The number of aromatic nitrogens is 4. The number of aliphatic imine (C=N–C) groups is 1. The summed E-state index contributed by atoms with van der Waals surface area (Å²) in [6.45, 7) is 0. The van der Waals surface area contributed by atoms with Crippen LogP contribution in [0.4, 0.5) is 5.69 Å². The van der Waals surface area contributed by atoms with Gasteiger partial charge >= 0.3 is 0 Å². The van der Waals surface area contributed by atoms with Crippen LogP contribution in [0.5, 0.6) is 0 Å². The number of nitrogens with one attached hydrogen (secondary N) is 2. The van der Waals surface area contributed by atoms with Crippen LogP contribution in [-0.4, -0.2) is 26.2 Å². The average molecular weight is 337 g/mol. The van der Waals surface area contributed by atoms with Crippen molar-refractivity contribution in [2.24, 2.45) is 4.99 Å². The van der Waals surface area contributed by atoms with Gasteiger partial charge in [0.1, 0.15) is 11.6 Å². The van der Waals surface area contributed by atoms with Crippen LogP contribution >= 0.6 is 0 Å². The SMILES string of the molecule is C(=Nc1cccc(-c2nc3ccccc3[nH]2)c1)c1nc2ccccc2[nH]1. The van der Waals surface area contributed by atoms with Gasteiger partial charge in [-0.15, -0.1) is 0 Å². The van der Waals surface area contributed by atoms with Crippen LogP contribution in [0.1, 0.15) is 5.82 Å². The Kier molecular flexibility index (Phi) is 3.35. The third-order valence-corrected chi connectivity index (χ3v) is 4.25. The minimum atomic E-state index is 0.736. The van der Waals surface area contributed by atoms with Crippen molar-refractivity contribution in [1.29, 1.82) is 0 Å². The Labute approximate surface area is 149 Å². The van der Waals surface area contributed by atoms with Crippen LogP contribution in [0.3, 0.4) is 0 Å². The quantitative estimate of drug-likeness (QED) is 0.462. The van der Waals surface area contributed by atoms with Gasteiger partial charge in [-0.1, -0.05) is 36.4 Å². The van der Waals surface area contributed by atoms with Gasteiger partial charge in [0.05, 0.1) is 34.0 Å². The molecule has 0 aliphatic carbocycles. The summed E-state index contributed by atoms with van der Waals surface area (Å²) in [7, 11) is 0. The number of hydrogen-bond acceptors (Lipinski definition) is 3. The highest BCUT2D eigenvalue weighted by Crippen LogP contribution is 2.24. The summed E-state index contributed by atoms with van der Waals surface area (Å²) in [6, 6.07) is 23.9. The molecule has 0 unspecified atom stereocenters. The Morgan fingerprint density at radius 1 is 0.731 bits per heavy atom. The Hall–Kier alpha value is -3.73. The highest BCUT2D eigenvalue weighted by atomic mass is 14.9. The molecule has 0 spiro atoms. The van der Waals surface area contributed by atoms with Crippen molar-refractivity contribution in [1.82, 2.24) is 19.9 Å². The van der Waals surface area contributed by atoms with E-state index in [9.17, 15) is 0 Å². The summed E-state index contributed by atoms with van der Waals surface area (Å²) in [5.41, 5.74) is 5.77. The molecular formula is C21H15N5. The maximum absolute atomic E-state index is 4.65. The van der Waals surface area contributed by atoms with Crippen LogP contribution in [0, 0.1) is 0 Å². The predicted molar refractivity (Wildman–Crippen MR) is 105 cm³/mol. The zero-order valence-electron chi connectivity index (χ0n) is 13.8. The van der Waals surface area contributed by atoms with Gasteiger partial charge in [0.2, 0.25) is 0 Å². The molecule has 0 saturated carbocycles. The third-order valence-electron chi connectivity index (χ3n) is 4.25. The third kappa shape index (κ3) is 2.65. The van der Waals surface area contributed by atoms with Crippen molar-refractivity contribution in [3.05, 3.63) is 78.6 Å². The summed E-state index contributed by atoms with van der Waals surface area (Å²) in [5, 5.41) is 0. The molecule has 0 atom stereocenters. The Bertz CT molecular complexity index is 1180. The lowest BCUT2D eigenvalue weighted by atomic mass is 10.2. The molecule has 0 aliphatic heterocycles. The van der Waals surface area contributed by atoms with E-state index in [0.29, 0.717) is 0 Å². The van der Waals surface area contributed by atoms with Crippen LogP contribution in [0.2, 0.25) is 0 Å². The number of aromatic amines is 2. The average Bonchev–Trinajstić information content (AvgIpc) is 3.30. The molecular weight excluding hydrogens is 322 g/mol. The first-order valence-corrected chi connectivity index (χ1v) is 8.39. The first-order valence-electron chi connectivity index (χ1n) is 8.39. The van der Waals surface area contributed by atoms with Crippen molar-refractivity contribution in [2.45, 2.75) is 0 Å². The molecule has 2 aromatic heterocycles. The number of nitrogens with zero attached hydrogens (tertiary/aromatic N) is 3. The van der Waals surface area contributed by atoms with E-state index < -0.39 is 0 Å². The smallest absolute Gasteiger partial charge is 0.149 e. The van der Waals surface area contributed by atoms with Crippen molar-refractivity contribution in [2.75, 3.05) is 0 Å². The fourth-order valence-corrected chi connectivity index (χ4v) is 2.99. The fourth-order valence-electron chi connectivity index (χ4n) is 2.99. The lowest BCUT2D eigenvalue weighted by molar-refractivity contribution is 1.30. The van der Waals surface area contributed by atoms with Crippen LogP contribution < -0.4 is 0 Å². The predicted octanol–water partition coefficient (Wildman–Crippen LogP) is 4.86. The molecule has 0 radical (unpaired) electrons. The van der Waals surface area contributed by atoms with Crippen molar-refractivity contribution in [3.63, 3.8) is 0 Å². The number of hydrogen-bond donors (Lipinski definition) is 2. The first kappa shape index (κ1) is 14.6. The van der Waals surface area contributed by atoms with Crippen LogP contribution in [0.15, 0.2) is 77.8 Å². The van der Waals surface area contributed by atoms with E-state index in [1.807, 2.05) is 72.8 Å². The Morgan fingerprint density at radius 2 is 1.46 bits per heavy atom. The molecule has 0 aliphatic rings. The molecule has 0 bridgehead atoms. The van der Waals surface area contributed by atoms with Crippen LogP contribution in [-0.2, 0) is 0 Å². The van der Waals surface area contributed by atoms with E-state index in [4.69, 9.17) is 0 Å². The number of H-pyrrole nitrogens is 2. The van der Waals surface area contributed by atoms with Gasteiger partial charge in [0.15, 0.2) is 0 Å². The highest BCUT2D eigenvalue weighted by molar-refractivity contribution is 5.85. The van der Waals surface area contributed by atoms with Gasteiger partial charge in [-0.2, -0.15) is 0 Å². The molecule has 5 aromatic rings. The summed E-state index contributed by atoms with van der Waals surface area (Å²) in [5.74, 6) is 1.58. The Morgan fingerprint density at radius 3 is 2.23 bits per heavy atom. The lowest BCUT2D eigenvalue weighted by Crippen LogP contribution is -1.83. The van der Waals surface area contributed by atoms with Gasteiger partial charge in [-0.25, -0.2) is 9.97 Å². The standard InChI is InChI=1S/C21H15N5/c1-2-9-17-16(8-1)23-20(24-17)13-22-15-7-5-6-14(12-15)21-25-18-10-3-4-11-19(18)26-21/h1-13H,(H,23,24)(H,25,26). The van der Waals surface area contributed by atoms with E-state index >= 15 is 0 Å². The minimum Gasteiger partial charge on any atom is -0.338 e. The largest absolute Gasteiger partial charge is 0.338 e. The maximum Gasteiger partial charge on any atom is 0.149 e. The molecule has 5 nitrogen and oxygen atoms in total. The zero-order valence-corrected chi connectivity index (χ0v) is 13.8. The second-order valence-electron chi connectivity index (χ2n) is 6.05. The number of fused-ring (bicyclic) bond motifs is 2. The maximum atomic E-state index is 4.65. The number of rotatable bonds is 3. The van der Waals surface area contributed by atoms with Crippen molar-refractivity contribution >= 4 is 34.0 Å². The number of benzene rings is 3. The normalized spacial score (nSPS) is 11.7. The Balaban J connectivity index is 1.47. The van der Waals surface area contributed by atoms with Gasteiger partial charge < -0.3 is 9.97 Å². The molecule has 0 amide bonds. The highest BCUT2D eigenvalue weighted by Gasteiger charge is 2.05. The summed E-state index contributed by atoms with van der Waals surface area (Å²) in [6.07, 6.45) is 1.75. The van der Waals surface area contributed by atoms with E-state index in [1.54, 1.807) is 6.21 Å². The molecule has 3 aromatic carbocycles. The lowest BCUT2D eigenvalue weighted by Gasteiger charge is -1.98. The van der Waals surface area contributed by atoms with Gasteiger partial charge in [0, 0.05) is 5.56 Å². The van der Waals surface area contributed by atoms with Gasteiger partial charge in [0.25, 0.3) is 0 Å². The van der Waals surface area contributed by atoms with Gasteiger partial charge in [-0.05, 0) is 36.4 Å². The molecule has 26 heavy (non-hydrogen) atoms. The summed E-state index contributed by atoms with van der Waals surface area (Å²) < 4.78 is 0. The molecule has 5 heteroatoms. The van der Waals surface area contributed by atoms with Gasteiger partial charge in [-0.3, -0.25) is 4.99 Å². The number of imidazole rings is 2. The fraction of sp³-hybridized carbons (Fsp3) is 0. The summed E-state index contributed by atoms with van der Waals surface area (Å²) >= 11 is 0. The van der Waals surface area contributed by atoms with Crippen molar-refractivity contribution < 1.29 is 0 Å². The first-order chi connectivity index (χ1) is 12.8. The number of para-hydroxylation sites is 4. The second-order valence-corrected chi connectivity index (χ2v) is 6.05. The van der Waals surface area contributed by atoms with E-state index in [1.165, 1.54) is 0 Å². The molecule has 5 rings (SSSR count). The molecule has 2 heterocycles. The monoisotopic (exact) mass is 337 g/mol. The topological polar surface area (TPSA) is 69.7 Å². The molecule has 124 valence electrons. The van der Waals surface area contributed by atoms with E-state index in [0.717, 1.165) is 45.0 Å². The summed E-state index contributed by atoms with van der Waals surface area (Å²) in [4.78, 5) is 20.3. The molecule has 2 N–H and O–H groups in total. The van der Waals surface area contributed by atoms with E-state index in [2.05, 4.69) is 24.9 Å². The van der Waals surface area contributed by atoms with Crippen molar-refractivity contribution in [3.8, 4) is 11.4 Å². The van der Waals surface area contributed by atoms with E-state index in [-0.39, 0.29) is 0 Å². The molecule has 0 saturated heterocycles. The zero-order chi connectivity index (χ0) is 17.3. The molecule has 0 fully saturated rings.